The molecule has 0 radical (unpaired) electrons. The van der Waals surface area contributed by atoms with Crippen molar-refractivity contribution in [3.05, 3.63) is 40.8 Å². The van der Waals surface area contributed by atoms with Crippen molar-refractivity contribution in [2.45, 2.75) is 79.1 Å². The highest BCUT2D eigenvalue weighted by atomic mass is 32.2. The van der Waals surface area contributed by atoms with E-state index in [4.69, 9.17) is 14.5 Å². The second-order valence-corrected chi connectivity index (χ2v) is 18.0. The van der Waals surface area contributed by atoms with E-state index in [2.05, 4.69) is 52.9 Å². The van der Waals surface area contributed by atoms with E-state index in [9.17, 15) is 18.0 Å². The molecule has 8 rings (SSSR count). The fraction of sp³-hybridized carbons (Fsp3) is 0.692. The average Bonchev–Trinajstić information content (AvgIpc) is 3.85. The third-order valence-corrected chi connectivity index (χ3v) is 13.3. The van der Waals surface area contributed by atoms with Gasteiger partial charge in [0.15, 0.2) is 5.78 Å². The lowest BCUT2D eigenvalue weighted by molar-refractivity contribution is -0.126. The topological polar surface area (TPSA) is 136 Å². The number of piperazine rings is 1. The van der Waals surface area contributed by atoms with Crippen molar-refractivity contribution < 1.29 is 22.6 Å². The van der Waals surface area contributed by atoms with E-state index in [0.29, 0.717) is 29.8 Å². The predicted octanol–water partition coefficient (Wildman–Crippen LogP) is 4.92. The molecule has 5 fully saturated rings. The van der Waals surface area contributed by atoms with Crippen LogP contribution in [0.4, 0.5) is 11.8 Å². The quantitative estimate of drug-likeness (QED) is 0.317. The Morgan fingerprint density at radius 2 is 1.61 bits per heavy atom. The highest BCUT2D eigenvalue weighted by Gasteiger charge is 2.60. The molecule has 11 nitrogen and oxygen atoms in total. The molecule has 0 bridgehead atoms. The molecule has 4 heterocycles. The number of carbonyl (C=O) groups excluding carboxylic acids is 2. The van der Waals surface area contributed by atoms with Crippen LogP contribution in [0.1, 0.15) is 84.8 Å². The fourth-order valence-electron chi connectivity index (χ4n) is 11.3. The first-order valence-corrected chi connectivity index (χ1v) is 21.0. The number of ketones is 2. The first-order chi connectivity index (χ1) is 24.2. The Morgan fingerprint density at radius 3 is 2.24 bits per heavy atom. The summed E-state index contributed by atoms with van der Waals surface area (Å²) in [4.78, 5) is 45.1. The number of aromatic nitrogens is 2. The van der Waals surface area contributed by atoms with Crippen LogP contribution in [0.3, 0.4) is 0 Å². The van der Waals surface area contributed by atoms with Crippen molar-refractivity contribution in [3.8, 4) is 0 Å². The lowest BCUT2D eigenvalue weighted by Crippen LogP contribution is -2.51. The number of hydrogen-bond acceptors (Lipinski definition) is 10. The van der Waals surface area contributed by atoms with Gasteiger partial charge in [-0.25, -0.2) is 4.98 Å². The van der Waals surface area contributed by atoms with E-state index in [1.807, 2.05) is 13.0 Å². The molecule has 12 heteroatoms. The lowest BCUT2D eigenvalue weighted by atomic mass is 9.50. The standard InChI is InChI=1S/C38H52N6O2.CH4O3S/c1-24-21-29-26-9-10-28-34(30-22-33(43-15-5-6-16-43)41-36(40-30)44-17-7-8-18-44)31(46)23-32(42-19-13-39-14-20-42)38(28,4)27(26)11-12-37(29,3)35(24)25(2)45;1-5(2,3)4/h11,22-24,26,29,35,39H,5-10,12-21H2,1-4H3;1H3,(H,2,3,4)/t24-,26-,29+,35-,37+,38-;/m1./s1. The maximum atomic E-state index is 14.5. The minimum absolute atomic E-state index is 0.00511. The zero-order chi connectivity index (χ0) is 36.3. The molecule has 2 N–H and O–H groups in total. The number of Topliss-reactive ketones (excluding diaryl/α,β-unsaturated/α-hetero) is 1. The summed E-state index contributed by atoms with van der Waals surface area (Å²) in [6.45, 7) is 16.6. The van der Waals surface area contributed by atoms with E-state index < -0.39 is 10.1 Å². The van der Waals surface area contributed by atoms with Gasteiger partial charge in [0, 0.05) is 81.7 Å². The largest absolute Gasteiger partial charge is 0.371 e. The maximum absolute atomic E-state index is 14.5. The Balaban J connectivity index is 0.000000761. The van der Waals surface area contributed by atoms with E-state index in [1.54, 1.807) is 0 Å². The highest BCUT2D eigenvalue weighted by Crippen LogP contribution is 2.67. The van der Waals surface area contributed by atoms with Crippen molar-refractivity contribution >= 4 is 39.0 Å². The van der Waals surface area contributed by atoms with E-state index >= 15 is 0 Å². The summed E-state index contributed by atoms with van der Waals surface area (Å²) >= 11 is 0. The molecular formula is C39H56N6O5S. The Labute approximate surface area is 303 Å². The number of fused-ring (bicyclic) bond motifs is 5. The minimum atomic E-state index is -3.67. The van der Waals surface area contributed by atoms with Crippen molar-refractivity contribution in [1.29, 1.82) is 0 Å². The molecule has 2 saturated carbocycles. The SMILES string of the molecule is CC(=O)[C@H]1[C@H](C)C[C@H]2[C@@H]3CCC4=C(c5cc(N6CCCC6)nc(N6CCCC6)n5)C(=O)C=C(N5CCNCC5)[C@]4(C)C3=CC[C@@]21C.CS(=O)(=O)O. The van der Waals surface area contributed by atoms with Gasteiger partial charge in [-0.3, -0.25) is 14.1 Å². The summed E-state index contributed by atoms with van der Waals surface area (Å²) in [7, 11) is -3.67. The highest BCUT2D eigenvalue weighted by molar-refractivity contribution is 7.85. The van der Waals surface area contributed by atoms with Crippen molar-refractivity contribution in [3.63, 3.8) is 0 Å². The summed E-state index contributed by atoms with van der Waals surface area (Å²) in [5, 5.41) is 3.52. The third-order valence-electron chi connectivity index (χ3n) is 13.3. The Kier molecular flexibility index (Phi) is 9.75. The molecule has 0 unspecified atom stereocenters. The lowest BCUT2D eigenvalue weighted by Gasteiger charge is -2.56. The van der Waals surface area contributed by atoms with Gasteiger partial charge in [-0.1, -0.05) is 25.5 Å². The van der Waals surface area contributed by atoms with Gasteiger partial charge < -0.3 is 20.0 Å². The molecule has 278 valence electrons. The van der Waals surface area contributed by atoms with E-state index in [-0.39, 0.29) is 22.5 Å². The second kappa shape index (κ2) is 13.7. The smallest absolute Gasteiger partial charge is 0.261 e. The van der Waals surface area contributed by atoms with Gasteiger partial charge in [-0.2, -0.15) is 13.4 Å². The maximum Gasteiger partial charge on any atom is 0.261 e. The second-order valence-electron chi connectivity index (χ2n) is 16.6. The van der Waals surface area contributed by atoms with Crippen LogP contribution in [0.5, 0.6) is 0 Å². The number of rotatable bonds is 5. The van der Waals surface area contributed by atoms with Crippen LogP contribution in [0.15, 0.2) is 35.1 Å². The Hall–Kier alpha value is -3.09. The van der Waals surface area contributed by atoms with Crippen LogP contribution in [-0.4, -0.2) is 98.0 Å². The van der Waals surface area contributed by atoms with Gasteiger partial charge in [-0.05, 0) is 94.0 Å². The number of anilines is 2. The van der Waals surface area contributed by atoms with Crippen LogP contribution >= 0.6 is 0 Å². The summed E-state index contributed by atoms with van der Waals surface area (Å²) in [6, 6.07) is 2.13. The molecule has 7 aliphatic rings. The molecule has 0 amide bonds. The summed E-state index contributed by atoms with van der Waals surface area (Å²) < 4.78 is 25.9. The molecule has 1 aromatic rings. The number of carbonyl (C=O) groups is 2. The van der Waals surface area contributed by atoms with Gasteiger partial charge in [0.1, 0.15) is 11.6 Å². The normalized spacial score (nSPS) is 33.6. The molecular weight excluding hydrogens is 665 g/mol. The van der Waals surface area contributed by atoms with Crippen molar-refractivity contribution in [1.82, 2.24) is 20.2 Å². The molecule has 0 spiro atoms. The molecule has 4 aliphatic carbocycles. The number of nitrogens with one attached hydrogen (secondary N) is 1. The number of hydrogen-bond donors (Lipinski definition) is 2. The van der Waals surface area contributed by atoms with E-state index in [0.717, 1.165) is 114 Å². The fourth-order valence-corrected chi connectivity index (χ4v) is 11.3. The first kappa shape index (κ1) is 36.3. The molecule has 3 aliphatic heterocycles. The monoisotopic (exact) mass is 720 g/mol. The third kappa shape index (κ3) is 6.58. The first-order valence-electron chi connectivity index (χ1n) is 19.2. The zero-order valence-corrected chi connectivity index (χ0v) is 31.9. The number of nitrogens with zero attached hydrogens (tertiary/aromatic N) is 5. The molecule has 1 aromatic heterocycles. The van der Waals surface area contributed by atoms with Crippen LogP contribution in [0.2, 0.25) is 0 Å². The van der Waals surface area contributed by atoms with Gasteiger partial charge in [0.25, 0.3) is 10.1 Å². The van der Waals surface area contributed by atoms with Gasteiger partial charge in [-0.15, -0.1) is 0 Å². The predicted molar refractivity (Wildman–Crippen MR) is 200 cm³/mol. The van der Waals surface area contributed by atoms with E-state index in [1.165, 1.54) is 29.7 Å². The Bertz CT molecular complexity index is 1730. The average molecular weight is 721 g/mol. The van der Waals surface area contributed by atoms with Crippen LogP contribution in [0, 0.1) is 34.5 Å². The molecule has 0 aromatic carbocycles. The summed E-state index contributed by atoms with van der Waals surface area (Å²) in [5.74, 6) is 3.66. The van der Waals surface area contributed by atoms with Gasteiger partial charge in [0.2, 0.25) is 5.95 Å². The zero-order valence-electron chi connectivity index (χ0n) is 31.1. The van der Waals surface area contributed by atoms with Crippen LogP contribution < -0.4 is 15.1 Å². The van der Waals surface area contributed by atoms with Gasteiger partial charge >= 0.3 is 0 Å². The van der Waals surface area contributed by atoms with Crippen molar-refractivity contribution in [2.24, 2.45) is 34.5 Å². The number of allylic oxidation sites excluding steroid dienone is 4. The minimum Gasteiger partial charge on any atom is -0.371 e. The van der Waals surface area contributed by atoms with Crippen LogP contribution in [0.25, 0.3) is 5.57 Å². The molecule has 6 atom stereocenters. The molecule has 3 saturated heterocycles. The summed E-state index contributed by atoms with van der Waals surface area (Å²) in [5.41, 5.74) is 5.20. The summed E-state index contributed by atoms with van der Waals surface area (Å²) in [6.07, 6.45) is 13.9. The van der Waals surface area contributed by atoms with Crippen molar-refractivity contribution in [2.75, 3.05) is 68.4 Å². The van der Waals surface area contributed by atoms with Crippen LogP contribution in [-0.2, 0) is 19.7 Å². The Morgan fingerprint density at radius 1 is 0.980 bits per heavy atom. The van der Waals surface area contributed by atoms with Gasteiger partial charge in [0.05, 0.1) is 17.4 Å². The molecule has 51 heavy (non-hydrogen) atoms.